The first kappa shape index (κ1) is 16.4. The summed E-state index contributed by atoms with van der Waals surface area (Å²) in [6, 6.07) is 0. The summed E-state index contributed by atoms with van der Waals surface area (Å²) in [6.07, 6.45) is 1.19. The summed E-state index contributed by atoms with van der Waals surface area (Å²) >= 11 is 0. The quantitative estimate of drug-likeness (QED) is 0.732. The van der Waals surface area contributed by atoms with E-state index in [2.05, 4.69) is 72.5 Å². The summed E-state index contributed by atoms with van der Waals surface area (Å²) in [5, 5.41) is 7.45. The first-order valence-electron chi connectivity index (χ1n) is 6.12. The normalized spacial score (nSPS) is 14.6. The minimum atomic E-state index is -0.325. The van der Waals surface area contributed by atoms with Gasteiger partial charge in [0.25, 0.3) is 0 Å². The lowest BCUT2D eigenvalue weighted by Crippen LogP contribution is -2.43. The Morgan fingerprint density at radius 2 is 1.00 bits per heavy atom. The number of rotatable bonds is 3. The maximum atomic E-state index is 3.72. The molecule has 0 aromatic heterocycles. The van der Waals surface area contributed by atoms with Crippen molar-refractivity contribution in [2.45, 2.75) is 73.4 Å². The monoisotopic (exact) mass is 246 g/mol. The van der Waals surface area contributed by atoms with Gasteiger partial charge in [-0.05, 0) is 53.1 Å². The second-order valence-corrected chi connectivity index (χ2v) is 9.49. The van der Waals surface area contributed by atoms with Crippen molar-refractivity contribution < 1.29 is 0 Å². The van der Waals surface area contributed by atoms with Gasteiger partial charge in [0.2, 0.25) is 0 Å². The lowest BCUT2D eigenvalue weighted by atomic mass is 10.0. The van der Waals surface area contributed by atoms with E-state index >= 15 is 0 Å². The molecule has 0 aliphatic carbocycles. The Morgan fingerprint density at radius 3 is 1.19 bits per heavy atom. The molecule has 0 aliphatic rings. The van der Waals surface area contributed by atoms with Crippen molar-refractivity contribution in [3.05, 3.63) is 0 Å². The minimum Gasteiger partial charge on any atom is -0.279 e. The molecule has 2 N–H and O–H groups in total. The highest BCUT2D eigenvalue weighted by molar-refractivity contribution is 7.53. The third-order valence-corrected chi connectivity index (χ3v) is 4.72. The smallest absolute Gasteiger partial charge is 0.0352 e. The largest absolute Gasteiger partial charge is 0.279 e. The molecule has 16 heavy (non-hydrogen) atoms. The van der Waals surface area contributed by atoms with Crippen molar-refractivity contribution in [3.63, 3.8) is 0 Å². The highest BCUT2D eigenvalue weighted by Crippen LogP contribution is 2.38. The third kappa shape index (κ3) is 10.9. The Hall–Kier alpha value is 0.350. The van der Waals surface area contributed by atoms with Crippen molar-refractivity contribution in [1.29, 1.82) is 0 Å². The lowest BCUT2D eigenvalue weighted by Gasteiger charge is -2.37. The van der Waals surface area contributed by atoms with E-state index in [1.54, 1.807) is 0 Å². The van der Waals surface area contributed by atoms with Crippen molar-refractivity contribution in [1.82, 2.24) is 10.2 Å². The van der Waals surface area contributed by atoms with E-state index in [9.17, 15) is 0 Å². The summed E-state index contributed by atoms with van der Waals surface area (Å²) in [7, 11) is -0.325. The van der Waals surface area contributed by atoms with E-state index in [1.807, 2.05) is 0 Å². The predicted molar refractivity (Wildman–Crippen MR) is 77.0 cm³/mol. The molecular formula is C13H31N2P. The van der Waals surface area contributed by atoms with Crippen molar-refractivity contribution in [3.8, 4) is 0 Å². The molecule has 3 heteroatoms. The van der Waals surface area contributed by atoms with Gasteiger partial charge in [-0.15, -0.1) is 0 Å². The summed E-state index contributed by atoms with van der Waals surface area (Å²) in [5.74, 6) is 0. The van der Waals surface area contributed by atoms with Crippen LogP contribution in [0.4, 0.5) is 0 Å². The van der Waals surface area contributed by atoms with E-state index < -0.39 is 0 Å². The molecule has 0 saturated carbocycles. The van der Waals surface area contributed by atoms with Gasteiger partial charge in [-0.1, -0.05) is 20.8 Å². The van der Waals surface area contributed by atoms with Crippen LogP contribution in [0.25, 0.3) is 0 Å². The number of nitrogens with one attached hydrogen (secondary N) is 2. The third-order valence-electron chi connectivity index (χ3n) is 1.57. The van der Waals surface area contributed by atoms with Gasteiger partial charge in [0.15, 0.2) is 0 Å². The standard InChI is InChI=1S/C13H31N2P/c1-11(2,3)10-16(14-12(4,5)6)15-13(7,8)9/h14-15H,10H2,1-9H3. The van der Waals surface area contributed by atoms with Gasteiger partial charge in [-0.25, -0.2) is 0 Å². The summed E-state index contributed by atoms with van der Waals surface area (Å²) in [6.45, 7) is 20.3. The maximum Gasteiger partial charge on any atom is 0.0352 e. The van der Waals surface area contributed by atoms with Gasteiger partial charge in [0.1, 0.15) is 0 Å². The summed E-state index contributed by atoms with van der Waals surface area (Å²) in [5.41, 5.74) is 0.715. The van der Waals surface area contributed by atoms with Gasteiger partial charge in [-0.2, -0.15) is 0 Å². The van der Waals surface area contributed by atoms with Gasteiger partial charge < -0.3 is 0 Å². The molecule has 0 heterocycles. The number of hydrogen-bond donors (Lipinski definition) is 2. The van der Waals surface area contributed by atoms with Crippen molar-refractivity contribution in [2.75, 3.05) is 6.16 Å². The van der Waals surface area contributed by atoms with Crippen molar-refractivity contribution >= 4 is 8.22 Å². The fourth-order valence-corrected chi connectivity index (χ4v) is 4.17. The zero-order valence-electron chi connectivity index (χ0n) is 12.7. The van der Waals surface area contributed by atoms with Gasteiger partial charge in [0, 0.05) is 19.3 Å². The predicted octanol–water partition coefficient (Wildman–Crippen LogP) is 4.12. The Morgan fingerprint density at radius 1 is 0.688 bits per heavy atom. The van der Waals surface area contributed by atoms with E-state index in [-0.39, 0.29) is 19.3 Å². The molecular weight excluding hydrogens is 215 g/mol. The molecule has 0 spiro atoms. The van der Waals surface area contributed by atoms with Crippen LogP contribution in [0.1, 0.15) is 62.3 Å². The Kier molecular flexibility index (Phi) is 5.45. The van der Waals surface area contributed by atoms with Crippen LogP contribution in [0.5, 0.6) is 0 Å². The van der Waals surface area contributed by atoms with E-state index in [1.165, 1.54) is 6.16 Å². The number of hydrogen-bond acceptors (Lipinski definition) is 2. The molecule has 98 valence electrons. The molecule has 0 atom stereocenters. The average Bonchev–Trinajstić information content (AvgIpc) is 1.70. The molecule has 0 amide bonds. The molecule has 0 fully saturated rings. The van der Waals surface area contributed by atoms with Crippen LogP contribution in [-0.2, 0) is 0 Å². The molecule has 0 rings (SSSR count). The molecule has 0 unspecified atom stereocenters. The minimum absolute atomic E-state index is 0.176. The maximum absolute atomic E-state index is 3.72. The zero-order chi connectivity index (χ0) is 13.2. The van der Waals surface area contributed by atoms with Gasteiger partial charge >= 0.3 is 0 Å². The molecule has 0 saturated heterocycles. The van der Waals surface area contributed by atoms with Crippen LogP contribution in [0.15, 0.2) is 0 Å². The molecule has 0 aromatic rings. The Labute approximate surface area is 104 Å². The second kappa shape index (κ2) is 5.33. The second-order valence-electron chi connectivity index (χ2n) is 7.87. The first-order valence-corrected chi connectivity index (χ1v) is 7.64. The zero-order valence-corrected chi connectivity index (χ0v) is 13.5. The van der Waals surface area contributed by atoms with E-state index in [0.29, 0.717) is 5.41 Å². The van der Waals surface area contributed by atoms with Gasteiger partial charge in [0.05, 0.1) is 0 Å². The average molecular weight is 246 g/mol. The van der Waals surface area contributed by atoms with E-state index in [4.69, 9.17) is 0 Å². The Bertz CT molecular complexity index is 167. The van der Waals surface area contributed by atoms with Crippen LogP contribution in [0.2, 0.25) is 0 Å². The van der Waals surface area contributed by atoms with Crippen molar-refractivity contribution in [2.24, 2.45) is 5.41 Å². The molecule has 0 aromatic carbocycles. The molecule has 2 nitrogen and oxygen atoms in total. The Balaban J connectivity index is 4.53. The lowest BCUT2D eigenvalue weighted by molar-refractivity contribution is 0.451. The van der Waals surface area contributed by atoms with Crippen LogP contribution < -0.4 is 10.2 Å². The fraction of sp³-hybridized carbons (Fsp3) is 1.00. The fourth-order valence-electron chi connectivity index (χ4n) is 1.39. The first-order chi connectivity index (χ1) is 6.79. The molecule has 0 bridgehead atoms. The van der Waals surface area contributed by atoms with Gasteiger partial charge in [-0.3, -0.25) is 10.2 Å². The topological polar surface area (TPSA) is 24.1 Å². The molecule has 0 aliphatic heterocycles. The van der Waals surface area contributed by atoms with E-state index in [0.717, 1.165) is 0 Å². The van der Waals surface area contributed by atoms with Crippen LogP contribution in [0.3, 0.4) is 0 Å². The van der Waals surface area contributed by atoms with Crippen LogP contribution in [0, 0.1) is 5.41 Å². The van der Waals surface area contributed by atoms with Crippen LogP contribution >= 0.6 is 8.22 Å². The van der Waals surface area contributed by atoms with Crippen LogP contribution in [-0.4, -0.2) is 17.2 Å². The highest BCUT2D eigenvalue weighted by atomic mass is 31.1. The SMILES string of the molecule is CC(C)(C)CP(NC(C)(C)C)NC(C)(C)C. The summed E-state index contributed by atoms with van der Waals surface area (Å²) < 4.78 is 0. The summed E-state index contributed by atoms with van der Waals surface area (Å²) in [4.78, 5) is 0. The highest BCUT2D eigenvalue weighted by Gasteiger charge is 2.26. The molecule has 0 radical (unpaired) electrons.